The molecule has 0 atom stereocenters. The van der Waals surface area contributed by atoms with Crippen LogP contribution in [-0.4, -0.2) is 52.1 Å². The Morgan fingerprint density at radius 1 is 0.870 bits per heavy atom. The zero-order valence-corrected chi connectivity index (χ0v) is 14.9. The summed E-state index contributed by atoms with van der Waals surface area (Å²) in [4.78, 5) is 0.414. The molecule has 0 aromatic heterocycles. The Hall–Kier alpha value is -0.950. The van der Waals surface area contributed by atoms with Gasteiger partial charge in [0.1, 0.15) is 0 Å². The average Bonchev–Trinajstić information content (AvgIpc) is 2.53. The van der Waals surface area contributed by atoms with E-state index in [1.807, 2.05) is 19.1 Å². The minimum Gasteiger partial charge on any atom is -0.396 e. The highest BCUT2D eigenvalue weighted by atomic mass is 32.2. The molecule has 1 aromatic carbocycles. The summed E-state index contributed by atoms with van der Waals surface area (Å²) in [6.07, 6.45) is 3.58. The monoisotopic (exact) mass is 342 g/mol. The predicted molar refractivity (Wildman–Crippen MR) is 94.5 cm³/mol. The summed E-state index contributed by atoms with van der Waals surface area (Å²) in [5.74, 6) is 0.186. The van der Waals surface area contributed by atoms with Gasteiger partial charge in [0.25, 0.3) is 0 Å². The first-order chi connectivity index (χ1) is 11.1. The maximum absolute atomic E-state index is 12.1. The Kier molecular flexibility index (Phi) is 10.1. The molecule has 0 amide bonds. The zero-order valence-electron chi connectivity index (χ0n) is 14.1. The van der Waals surface area contributed by atoms with Crippen LogP contribution in [0.4, 0.5) is 0 Å². The lowest BCUT2D eigenvalue weighted by Crippen LogP contribution is -2.22. The molecule has 0 saturated heterocycles. The summed E-state index contributed by atoms with van der Waals surface area (Å²) >= 11 is 0. The van der Waals surface area contributed by atoms with E-state index >= 15 is 0 Å². The fourth-order valence-electron chi connectivity index (χ4n) is 2.20. The second kappa shape index (κ2) is 11.6. The van der Waals surface area contributed by atoms with Crippen LogP contribution in [0.2, 0.25) is 0 Å². The quantitative estimate of drug-likeness (QED) is 0.474. The number of rotatable bonds is 13. The van der Waals surface area contributed by atoms with Gasteiger partial charge in [-0.1, -0.05) is 17.7 Å². The molecule has 1 rings (SSSR count). The van der Waals surface area contributed by atoms with Crippen molar-refractivity contribution >= 4 is 9.84 Å². The molecule has 0 fully saturated rings. The molecule has 0 bridgehead atoms. The first-order valence-electron chi connectivity index (χ1n) is 8.38. The third-order valence-corrected chi connectivity index (χ3v) is 5.43. The Bertz CT molecular complexity index is 515. The van der Waals surface area contributed by atoms with Crippen molar-refractivity contribution in [3.05, 3.63) is 29.8 Å². The standard InChI is InChI=1S/C17H30N2O3S/c1-16-6-8-17(9-7-16)23(21,22)15-5-13-19-11-3-2-10-18-12-4-14-20/h6-9,18-20H,2-5,10-15H2,1H3. The van der Waals surface area contributed by atoms with E-state index < -0.39 is 9.84 Å². The van der Waals surface area contributed by atoms with Crippen LogP contribution in [0.3, 0.4) is 0 Å². The smallest absolute Gasteiger partial charge is 0.178 e. The van der Waals surface area contributed by atoms with Crippen molar-refractivity contribution in [2.75, 3.05) is 38.5 Å². The van der Waals surface area contributed by atoms with Gasteiger partial charge in [-0.3, -0.25) is 0 Å². The maximum atomic E-state index is 12.1. The number of aliphatic hydroxyl groups excluding tert-OH is 1. The van der Waals surface area contributed by atoms with Gasteiger partial charge in [0.05, 0.1) is 10.6 Å². The van der Waals surface area contributed by atoms with E-state index in [9.17, 15) is 8.42 Å². The van der Waals surface area contributed by atoms with E-state index in [1.54, 1.807) is 12.1 Å². The van der Waals surface area contributed by atoms with E-state index in [-0.39, 0.29) is 12.4 Å². The van der Waals surface area contributed by atoms with Crippen LogP contribution in [0.5, 0.6) is 0 Å². The molecule has 0 saturated carbocycles. The van der Waals surface area contributed by atoms with Gasteiger partial charge in [0, 0.05) is 6.61 Å². The number of aryl methyl sites for hydroxylation is 1. The van der Waals surface area contributed by atoms with Crippen molar-refractivity contribution in [2.24, 2.45) is 0 Å². The van der Waals surface area contributed by atoms with Crippen molar-refractivity contribution in [3.8, 4) is 0 Å². The van der Waals surface area contributed by atoms with Crippen LogP contribution in [0.1, 0.15) is 31.2 Å². The average molecular weight is 343 g/mol. The fraction of sp³-hybridized carbons (Fsp3) is 0.647. The van der Waals surface area contributed by atoms with Crippen molar-refractivity contribution in [3.63, 3.8) is 0 Å². The van der Waals surface area contributed by atoms with E-state index in [2.05, 4.69) is 10.6 Å². The molecule has 0 aliphatic heterocycles. The molecule has 0 aliphatic carbocycles. The van der Waals surface area contributed by atoms with Crippen molar-refractivity contribution in [1.82, 2.24) is 10.6 Å². The molecule has 23 heavy (non-hydrogen) atoms. The van der Waals surface area contributed by atoms with Crippen molar-refractivity contribution in [1.29, 1.82) is 0 Å². The minimum absolute atomic E-state index is 0.186. The third kappa shape index (κ3) is 9.05. The molecule has 6 heteroatoms. The van der Waals surface area contributed by atoms with Crippen LogP contribution in [0, 0.1) is 6.92 Å². The largest absolute Gasteiger partial charge is 0.396 e. The molecule has 3 N–H and O–H groups in total. The lowest BCUT2D eigenvalue weighted by atomic mass is 10.2. The number of unbranched alkanes of at least 4 members (excludes halogenated alkanes) is 1. The Morgan fingerprint density at radius 3 is 1.96 bits per heavy atom. The van der Waals surface area contributed by atoms with Gasteiger partial charge in [0.15, 0.2) is 9.84 Å². The molecule has 0 aliphatic rings. The molecule has 0 unspecified atom stereocenters. The Balaban J connectivity index is 2.05. The van der Waals surface area contributed by atoms with Gasteiger partial charge in [0.2, 0.25) is 0 Å². The van der Waals surface area contributed by atoms with Crippen LogP contribution in [0.15, 0.2) is 29.2 Å². The fourth-order valence-corrected chi connectivity index (χ4v) is 3.52. The van der Waals surface area contributed by atoms with E-state index in [0.29, 0.717) is 11.3 Å². The van der Waals surface area contributed by atoms with Crippen molar-refractivity contribution in [2.45, 2.75) is 37.5 Å². The van der Waals surface area contributed by atoms with Crippen LogP contribution in [0.25, 0.3) is 0 Å². The maximum Gasteiger partial charge on any atom is 0.178 e. The van der Waals surface area contributed by atoms with Gasteiger partial charge in [-0.15, -0.1) is 0 Å². The van der Waals surface area contributed by atoms with Gasteiger partial charge in [-0.2, -0.15) is 0 Å². The van der Waals surface area contributed by atoms with Crippen LogP contribution < -0.4 is 10.6 Å². The van der Waals surface area contributed by atoms with Crippen molar-refractivity contribution < 1.29 is 13.5 Å². The Morgan fingerprint density at radius 2 is 1.39 bits per heavy atom. The molecule has 0 heterocycles. The predicted octanol–water partition coefficient (Wildman–Crippen LogP) is 1.50. The van der Waals surface area contributed by atoms with Gasteiger partial charge in [-0.05, 0) is 70.9 Å². The van der Waals surface area contributed by atoms with Gasteiger partial charge >= 0.3 is 0 Å². The number of hydrogen-bond acceptors (Lipinski definition) is 5. The van der Waals surface area contributed by atoms with Gasteiger partial charge in [-0.25, -0.2) is 8.42 Å². The summed E-state index contributed by atoms with van der Waals surface area (Å²) in [7, 11) is -3.16. The zero-order chi connectivity index (χ0) is 17.0. The first-order valence-corrected chi connectivity index (χ1v) is 10.0. The molecule has 5 nitrogen and oxygen atoms in total. The number of sulfone groups is 1. The number of nitrogens with one attached hydrogen (secondary N) is 2. The van der Waals surface area contributed by atoms with E-state index in [1.165, 1.54) is 0 Å². The summed E-state index contributed by atoms with van der Waals surface area (Å²) in [5.41, 5.74) is 1.07. The summed E-state index contributed by atoms with van der Waals surface area (Å²) in [6.45, 7) is 5.64. The molecule has 0 radical (unpaired) electrons. The number of benzene rings is 1. The summed E-state index contributed by atoms with van der Waals surface area (Å²) in [6, 6.07) is 7.03. The summed E-state index contributed by atoms with van der Waals surface area (Å²) < 4.78 is 24.3. The summed E-state index contributed by atoms with van der Waals surface area (Å²) in [5, 5.41) is 15.2. The Labute approximate surface area is 140 Å². The molecule has 1 aromatic rings. The lowest BCUT2D eigenvalue weighted by Gasteiger charge is -2.07. The third-order valence-electron chi connectivity index (χ3n) is 3.62. The molecular weight excluding hydrogens is 312 g/mol. The van der Waals surface area contributed by atoms with E-state index in [0.717, 1.165) is 51.0 Å². The normalized spacial score (nSPS) is 11.7. The highest BCUT2D eigenvalue weighted by molar-refractivity contribution is 7.91. The SMILES string of the molecule is Cc1ccc(S(=O)(=O)CCCNCCCCNCCCO)cc1. The van der Waals surface area contributed by atoms with Crippen LogP contribution >= 0.6 is 0 Å². The molecule has 0 spiro atoms. The minimum atomic E-state index is -3.16. The topological polar surface area (TPSA) is 78.4 Å². The second-order valence-electron chi connectivity index (χ2n) is 5.77. The van der Waals surface area contributed by atoms with E-state index in [4.69, 9.17) is 5.11 Å². The molecular formula is C17H30N2O3S. The highest BCUT2D eigenvalue weighted by Gasteiger charge is 2.13. The lowest BCUT2D eigenvalue weighted by molar-refractivity contribution is 0.286. The highest BCUT2D eigenvalue weighted by Crippen LogP contribution is 2.12. The number of aliphatic hydroxyl groups is 1. The second-order valence-corrected chi connectivity index (χ2v) is 7.88. The van der Waals surface area contributed by atoms with Crippen LogP contribution in [-0.2, 0) is 9.84 Å². The van der Waals surface area contributed by atoms with Gasteiger partial charge < -0.3 is 15.7 Å². The first kappa shape index (κ1) is 20.1. The molecule has 132 valence electrons. The number of hydrogen-bond donors (Lipinski definition) is 3.